The lowest BCUT2D eigenvalue weighted by molar-refractivity contribution is -0.385. The molecule has 1 aliphatic carbocycles. The van der Waals surface area contributed by atoms with E-state index in [1.165, 1.54) is 25.7 Å². The van der Waals surface area contributed by atoms with Gasteiger partial charge in [-0.1, -0.05) is 19.8 Å². The Morgan fingerprint density at radius 3 is 2.60 bits per heavy atom. The lowest BCUT2D eigenvalue weighted by Crippen LogP contribution is -2.20. The van der Waals surface area contributed by atoms with Gasteiger partial charge < -0.3 is 5.32 Å². The fourth-order valence-corrected chi connectivity index (χ4v) is 3.38. The van der Waals surface area contributed by atoms with E-state index >= 15 is 0 Å². The van der Waals surface area contributed by atoms with Crippen LogP contribution in [0.15, 0.2) is 16.6 Å². The van der Waals surface area contributed by atoms with Crippen LogP contribution in [0, 0.1) is 28.9 Å². The number of rotatable bonds is 4. The molecule has 2 rings (SSSR count). The van der Waals surface area contributed by atoms with E-state index in [1.807, 2.05) is 6.07 Å². The van der Waals surface area contributed by atoms with E-state index in [1.54, 1.807) is 13.0 Å². The molecule has 0 aromatic heterocycles. The molecule has 0 bridgehead atoms. The highest BCUT2D eigenvalue weighted by Crippen LogP contribution is 2.32. The van der Waals surface area contributed by atoms with Crippen LogP contribution in [0.1, 0.15) is 38.2 Å². The van der Waals surface area contributed by atoms with Crippen molar-refractivity contribution in [3.63, 3.8) is 0 Å². The van der Waals surface area contributed by atoms with Crippen molar-refractivity contribution in [3.8, 4) is 0 Å². The van der Waals surface area contributed by atoms with Crippen LogP contribution in [0.3, 0.4) is 0 Å². The number of halogens is 1. The molecule has 0 saturated heterocycles. The number of nitrogens with one attached hydrogen (secondary N) is 1. The van der Waals surface area contributed by atoms with E-state index in [9.17, 15) is 10.1 Å². The van der Waals surface area contributed by atoms with Crippen LogP contribution in [-0.4, -0.2) is 11.5 Å². The third-order valence-corrected chi connectivity index (χ3v) is 4.86. The molecule has 0 unspecified atom stereocenters. The first-order chi connectivity index (χ1) is 9.47. The standard InChI is InChI=1S/C15H21BrN2O2/c1-10-3-5-12(6-4-10)9-17-14-8-15(18(19)20)11(2)7-13(14)16/h7-8,10,12,17H,3-6,9H2,1-2H3. The monoisotopic (exact) mass is 340 g/mol. The number of anilines is 1. The van der Waals surface area contributed by atoms with Crippen molar-refractivity contribution >= 4 is 27.3 Å². The fourth-order valence-electron chi connectivity index (χ4n) is 2.78. The van der Waals surface area contributed by atoms with E-state index in [4.69, 9.17) is 0 Å². The van der Waals surface area contributed by atoms with Crippen LogP contribution in [0.2, 0.25) is 0 Å². The molecule has 5 heteroatoms. The van der Waals surface area contributed by atoms with Gasteiger partial charge in [0.2, 0.25) is 0 Å². The van der Waals surface area contributed by atoms with Gasteiger partial charge in [-0.2, -0.15) is 0 Å². The van der Waals surface area contributed by atoms with Crippen LogP contribution in [0.25, 0.3) is 0 Å². The zero-order valence-electron chi connectivity index (χ0n) is 12.0. The summed E-state index contributed by atoms with van der Waals surface area (Å²) in [5.41, 5.74) is 1.67. The van der Waals surface area contributed by atoms with Crippen molar-refractivity contribution in [2.24, 2.45) is 11.8 Å². The molecule has 1 aliphatic rings. The first-order valence-electron chi connectivity index (χ1n) is 7.15. The summed E-state index contributed by atoms with van der Waals surface area (Å²) in [5, 5.41) is 14.4. The van der Waals surface area contributed by atoms with Crippen LogP contribution in [-0.2, 0) is 0 Å². The zero-order chi connectivity index (χ0) is 14.7. The predicted octanol–water partition coefficient (Wildman–Crippen LogP) is 4.90. The number of aryl methyl sites for hydroxylation is 1. The first kappa shape index (κ1) is 15.3. The summed E-state index contributed by atoms with van der Waals surface area (Å²) in [6, 6.07) is 3.44. The van der Waals surface area contributed by atoms with Crippen LogP contribution in [0.4, 0.5) is 11.4 Å². The third kappa shape index (κ3) is 3.72. The Kier molecular flexibility index (Phi) is 5.02. The van der Waals surface area contributed by atoms with Gasteiger partial charge in [-0.05, 0) is 53.6 Å². The Morgan fingerprint density at radius 2 is 2.00 bits per heavy atom. The number of hydrogen-bond acceptors (Lipinski definition) is 3. The predicted molar refractivity (Wildman–Crippen MR) is 85.1 cm³/mol. The van der Waals surface area contributed by atoms with Crippen molar-refractivity contribution in [1.29, 1.82) is 0 Å². The minimum Gasteiger partial charge on any atom is -0.384 e. The maximum Gasteiger partial charge on any atom is 0.274 e. The summed E-state index contributed by atoms with van der Waals surface area (Å²) in [7, 11) is 0. The zero-order valence-corrected chi connectivity index (χ0v) is 13.6. The molecular formula is C15H21BrN2O2. The van der Waals surface area contributed by atoms with Crippen molar-refractivity contribution in [1.82, 2.24) is 0 Å². The minimum atomic E-state index is -0.324. The molecule has 1 aromatic carbocycles. The largest absolute Gasteiger partial charge is 0.384 e. The molecule has 0 aliphatic heterocycles. The Labute approximate surface area is 128 Å². The van der Waals surface area contributed by atoms with Gasteiger partial charge >= 0.3 is 0 Å². The molecule has 1 N–H and O–H groups in total. The normalized spacial score (nSPS) is 22.6. The highest BCUT2D eigenvalue weighted by atomic mass is 79.9. The van der Waals surface area contributed by atoms with Gasteiger partial charge in [0.1, 0.15) is 0 Å². The number of nitrogens with zero attached hydrogens (tertiary/aromatic N) is 1. The maximum absolute atomic E-state index is 11.0. The molecular weight excluding hydrogens is 320 g/mol. The number of hydrogen-bond donors (Lipinski definition) is 1. The molecule has 0 amide bonds. The van der Waals surface area contributed by atoms with Crippen molar-refractivity contribution in [2.45, 2.75) is 39.5 Å². The molecule has 1 saturated carbocycles. The van der Waals surface area contributed by atoms with E-state index in [-0.39, 0.29) is 10.6 Å². The summed E-state index contributed by atoms with van der Waals surface area (Å²) in [6.07, 6.45) is 5.09. The summed E-state index contributed by atoms with van der Waals surface area (Å²) in [5.74, 6) is 1.52. The Bertz CT molecular complexity index is 497. The number of nitro benzene ring substituents is 1. The Balaban J connectivity index is 2.02. The number of nitro groups is 1. The molecule has 0 atom stereocenters. The van der Waals surface area contributed by atoms with Gasteiger partial charge in [-0.25, -0.2) is 0 Å². The topological polar surface area (TPSA) is 55.2 Å². The lowest BCUT2D eigenvalue weighted by atomic mass is 9.83. The molecule has 0 spiro atoms. The van der Waals surface area contributed by atoms with E-state index in [0.717, 1.165) is 22.6 Å². The van der Waals surface area contributed by atoms with Gasteiger partial charge in [-0.15, -0.1) is 0 Å². The average molecular weight is 341 g/mol. The van der Waals surface area contributed by atoms with Gasteiger partial charge in [0.25, 0.3) is 5.69 Å². The molecule has 4 nitrogen and oxygen atoms in total. The van der Waals surface area contributed by atoms with Gasteiger partial charge in [0, 0.05) is 22.6 Å². The Morgan fingerprint density at radius 1 is 1.35 bits per heavy atom. The fraction of sp³-hybridized carbons (Fsp3) is 0.600. The molecule has 0 radical (unpaired) electrons. The van der Waals surface area contributed by atoms with Crippen LogP contribution in [0.5, 0.6) is 0 Å². The molecule has 1 aromatic rings. The maximum atomic E-state index is 11.0. The summed E-state index contributed by atoms with van der Waals surface area (Å²) in [6.45, 7) is 4.96. The van der Waals surface area contributed by atoms with Crippen LogP contribution >= 0.6 is 15.9 Å². The van der Waals surface area contributed by atoms with E-state index in [0.29, 0.717) is 11.5 Å². The lowest BCUT2D eigenvalue weighted by Gasteiger charge is -2.26. The average Bonchev–Trinajstić information content (AvgIpc) is 2.39. The summed E-state index contributed by atoms with van der Waals surface area (Å²) < 4.78 is 0.893. The second-order valence-electron chi connectivity index (χ2n) is 5.88. The van der Waals surface area contributed by atoms with Crippen molar-refractivity contribution in [2.75, 3.05) is 11.9 Å². The molecule has 20 heavy (non-hydrogen) atoms. The second kappa shape index (κ2) is 6.57. The van der Waals surface area contributed by atoms with Crippen LogP contribution < -0.4 is 5.32 Å². The van der Waals surface area contributed by atoms with Gasteiger partial charge in [0.15, 0.2) is 0 Å². The van der Waals surface area contributed by atoms with Gasteiger partial charge in [0.05, 0.1) is 10.6 Å². The molecule has 0 heterocycles. The smallest absolute Gasteiger partial charge is 0.274 e. The first-order valence-corrected chi connectivity index (χ1v) is 7.95. The third-order valence-electron chi connectivity index (χ3n) is 4.20. The highest BCUT2D eigenvalue weighted by Gasteiger charge is 2.19. The number of benzene rings is 1. The van der Waals surface area contributed by atoms with E-state index < -0.39 is 0 Å². The second-order valence-corrected chi connectivity index (χ2v) is 6.74. The summed E-state index contributed by atoms with van der Waals surface area (Å²) in [4.78, 5) is 10.7. The van der Waals surface area contributed by atoms with Crippen molar-refractivity contribution < 1.29 is 4.92 Å². The molecule has 1 fully saturated rings. The Hall–Kier alpha value is -1.10. The summed E-state index contributed by atoms with van der Waals surface area (Å²) >= 11 is 3.48. The SMILES string of the molecule is Cc1cc(Br)c(NCC2CCC(C)CC2)cc1[N+](=O)[O-]. The molecule has 110 valence electrons. The highest BCUT2D eigenvalue weighted by molar-refractivity contribution is 9.10. The minimum absolute atomic E-state index is 0.174. The quantitative estimate of drug-likeness (QED) is 0.626. The van der Waals surface area contributed by atoms with Crippen molar-refractivity contribution in [3.05, 3.63) is 32.3 Å². The van der Waals surface area contributed by atoms with E-state index in [2.05, 4.69) is 28.2 Å². The van der Waals surface area contributed by atoms with Gasteiger partial charge in [-0.3, -0.25) is 10.1 Å².